The van der Waals surface area contributed by atoms with Gasteiger partial charge >= 0.3 is 0 Å². The fourth-order valence-corrected chi connectivity index (χ4v) is 2.96. The lowest BCUT2D eigenvalue weighted by Gasteiger charge is -2.14. The number of aromatic nitrogens is 2. The molecule has 29 heavy (non-hydrogen) atoms. The first kappa shape index (κ1) is 20.1. The minimum atomic E-state index is -0.298. The molecule has 7 heteroatoms. The highest BCUT2D eigenvalue weighted by Crippen LogP contribution is 2.30. The first-order valence-electron chi connectivity index (χ1n) is 9.13. The second-order valence-electron chi connectivity index (χ2n) is 6.63. The molecule has 1 amide bonds. The molecule has 2 aromatic carbocycles. The van der Waals surface area contributed by atoms with Crippen LogP contribution in [0.4, 0.5) is 17.3 Å². The van der Waals surface area contributed by atoms with Crippen molar-refractivity contribution >= 4 is 23.2 Å². The van der Waals surface area contributed by atoms with E-state index in [9.17, 15) is 4.79 Å². The summed E-state index contributed by atoms with van der Waals surface area (Å²) in [5.74, 6) is 1.27. The first-order valence-corrected chi connectivity index (χ1v) is 9.13. The van der Waals surface area contributed by atoms with Gasteiger partial charge in [-0.1, -0.05) is 18.2 Å². The van der Waals surface area contributed by atoms with Crippen LogP contribution in [0, 0.1) is 20.8 Å². The van der Waals surface area contributed by atoms with Crippen LogP contribution in [0.1, 0.15) is 27.3 Å². The zero-order valence-corrected chi connectivity index (χ0v) is 17.2. The minimum absolute atomic E-state index is 0.268. The zero-order chi connectivity index (χ0) is 21.0. The van der Waals surface area contributed by atoms with Gasteiger partial charge in [0.25, 0.3) is 5.91 Å². The monoisotopic (exact) mass is 392 g/mol. The number of nitrogens with zero attached hydrogens (tertiary/aromatic N) is 2. The number of hydrogen-bond donors (Lipinski definition) is 2. The summed E-state index contributed by atoms with van der Waals surface area (Å²) in [6, 6.07) is 12.9. The van der Waals surface area contributed by atoms with Crippen molar-refractivity contribution in [3.8, 4) is 11.5 Å². The van der Waals surface area contributed by atoms with Gasteiger partial charge in [0.15, 0.2) is 0 Å². The molecule has 3 aromatic rings. The Morgan fingerprint density at radius 1 is 0.931 bits per heavy atom. The topological polar surface area (TPSA) is 85.4 Å². The molecule has 0 aliphatic carbocycles. The summed E-state index contributed by atoms with van der Waals surface area (Å²) in [6.45, 7) is 5.72. The Kier molecular flexibility index (Phi) is 5.97. The summed E-state index contributed by atoms with van der Waals surface area (Å²) >= 11 is 0. The lowest BCUT2D eigenvalue weighted by molar-refractivity contribution is 0.102. The molecular formula is C22H24N4O3. The Hall–Kier alpha value is -3.61. The Labute approximate surface area is 170 Å². The van der Waals surface area contributed by atoms with Crippen LogP contribution in [-0.2, 0) is 0 Å². The highest BCUT2D eigenvalue weighted by Gasteiger charge is 2.14. The molecule has 0 fully saturated rings. The fourth-order valence-electron chi connectivity index (χ4n) is 2.96. The van der Waals surface area contributed by atoms with Gasteiger partial charge in [-0.2, -0.15) is 0 Å². The molecule has 0 spiro atoms. The van der Waals surface area contributed by atoms with E-state index in [4.69, 9.17) is 9.47 Å². The van der Waals surface area contributed by atoms with Gasteiger partial charge in [-0.05, 0) is 50.1 Å². The lowest BCUT2D eigenvalue weighted by Crippen LogP contribution is -2.17. The lowest BCUT2D eigenvalue weighted by atomic mass is 10.1. The average Bonchev–Trinajstić information content (AvgIpc) is 2.70. The molecule has 0 aliphatic heterocycles. The highest BCUT2D eigenvalue weighted by molar-refractivity contribution is 6.04. The molecule has 1 aromatic heterocycles. The van der Waals surface area contributed by atoms with E-state index in [1.165, 1.54) is 0 Å². The summed E-state index contributed by atoms with van der Waals surface area (Å²) in [6.07, 6.45) is 0. The Bertz CT molecular complexity index is 1030. The number of rotatable bonds is 6. The number of carbonyl (C=O) groups is 1. The van der Waals surface area contributed by atoms with Gasteiger partial charge < -0.3 is 20.1 Å². The third-order valence-corrected chi connectivity index (χ3v) is 4.46. The molecule has 0 saturated carbocycles. The van der Waals surface area contributed by atoms with Crippen molar-refractivity contribution in [1.82, 2.24) is 9.97 Å². The Morgan fingerprint density at radius 3 is 2.31 bits per heavy atom. The van der Waals surface area contributed by atoms with Gasteiger partial charge in [0, 0.05) is 17.4 Å². The van der Waals surface area contributed by atoms with Gasteiger partial charge in [0.1, 0.15) is 17.2 Å². The molecule has 0 radical (unpaired) electrons. The number of aryl methyl sites for hydroxylation is 3. The molecule has 0 bridgehead atoms. The van der Waals surface area contributed by atoms with Crippen LogP contribution in [0.25, 0.3) is 0 Å². The van der Waals surface area contributed by atoms with Crippen LogP contribution in [-0.4, -0.2) is 30.1 Å². The minimum Gasteiger partial charge on any atom is -0.497 e. The molecule has 2 N–H and O–H groups in total. The number of carbonyl (C=O) groups excluding carboxylic acids is 1. The maximum Gasteiger partial charge on any atom is 0.274 e. The van der Waals surface area contributed by atoms with E-state index in [-0.39, 0.29) is 11.6 Å². The Morgan fingerprint density at radius 2 is 1.66 bits per heavy atom. The van der Waals surface area contributed by atoms with Crippen molar-refractivity contribution < 1.29 is 14.3 Å². The van der Waals surface area contributed by atoms with E-state index in [2.05, 4.69) is 20.6 Å². The summed E-state index contributed by atoms with van der Waals surface area (Å²) < 4.78 is 10.6. The number of benzene rings is 2. The summed E-state index contributed by atoms with van der Waals surface area (Å²) in [5.41, 5.74) is 4.34. The normalized spacial score (nSPS) is 10.4. The second-order valence-corrected chi connectivity index (χ2v) is 6.63. The SMILES string of the molecule is COc1ccc(OC)c(Nc2nc(C)cc(C(=O)Nc3c(C)cccc3C)n2)c1. The van der Waals surface area contributed by atoms with Crippen LogP contribution >= 0.6 is 0 Å². The predicted molar refractivity (Wildman–Crippen MR) is 113 cm³/mol. The molecule has 1 heterocycles. The van der Waals surface area contributed by atoms with E-state index >= 15 is 0 Å². The number of hydrogen-bond acceptors (Lipinski definition) is 6. The molecule has 0 aliphatic rings. The number of para-hydroxylation sites is 1. The van der Waals surface area contributed by atoms with Crippen molar-refractivity contribution in [2.75, 3.05) is 24.9 Å². The standard InChI is InChI=1S/C22H24N4O3/c1-13-7-6-8-14(2)20(13)26-21(27)18-11-15(3)23-22(25-18)24-17-12-16(28-4)9-10-19(17)29-5/h6-12H,1-5H3,(H,26,27)(H,23,24,25). The molecule has 0 saturated heterocycles. The van der Waals surface area contributed by atoms with Crippen molar-refractivity contribution in [2.24, 2.45) is 0 Å². The van der Waals surface area contributed by atoms with Gasteiger partial charge in [0.05, 0.1) is 19.9 Å². The third-order valence-electron chi connectivity index (χ3n) is 4.46. The van der Waals surface area contributed by atoms with Crippen molar-refractivity contribution in [2.45, 2.75) is 20.8 Å². The summed E-state index contributed by atoms with van der Waals surface area (Å²) in [4.78, 5) is 21.6. The molecule has 0 unspecified atom stereocenters. The smallest absolute Gasteiger partial charge is 0.274 e. The number of ether oxygens (including phenoxy) is 2. The zero-order valence-electron chi connectivity index (χ0n) is 17.2. The van der Waals surface area contributed by atoms with Crippen molar-refractivity contribution in [1.29, 1.82) is 0 Å². The van der Waals surface area contributed by atoms with Gasteiger partial charge in [-0.15, -0.1) is 0 Å². The maximum absolute atomic E-state index is 12.8. The van der Waals surface area contributed by atoms with Gasteiger partial charge in [-0.25, -0.2) is 9.97 Å². The molecule has 7 nitrogen and oxygen atoms in total. The number of methoxy groups -OCH3 is 2. The predicted octanol–water partition coefficient (Wildman–Crippen LogP) is 4.41. The van der Waals surface area contributed by atoms with E-state index < -0.39 is 0 Å². The van der Waals surface area contributed by atoms with Crippen LogP contribution in [0.3, 0.4) is 0 Å². The molecule has 3 rings (SSSR count). The van der Waals surface area contributed by atoms with Gasteiger partial charge in [-0.3, -0.25) is 4.79 Å². The van der Waals surface area contributed by atoms with E-state index in [1.54, 1.807) is 38.5 Å². The third kappa shape index (κ3) is 4.63. The van der Waals surface area contributed by atoms with Crippen molar-refractivity contribution in [3.05, 3.63) is 65.0 Å². The number of nitrogens with one attached hydrogen (secondary N) is 2. The molecule has 0 atom stereocenters. The van der Waals surface area contributed by atoms with E-state index in [1.807, 2.05) is 39.0 Å². The summed E-state index contributed by atoms with van der Waals surface area (Å²) in [7, 11) is 3.16. The quantitative estimate of drug-likeness (QED) is 0.646. The van der Waals surface area contributed by atoms with E-state index in [0.29, 0.717) is 28.8 Å². The molecular weight excluding hydrogens is 368 g/mol. The maximum atomic E-state index is 12.8. The first-order chi connectivity index (χ1) is 13.9. The van der Waals surface area contributed by atoms with Crippen molar-refractivity contribution in [3.63, 3.8) is 0 Å². The summed E-state index contributed by atoms with van der Waals surface area (Å²) in [5, 5.41) is 6.07. The fraction of sp³-hybridized carbons (Fsp3) is 0.227. The van der Waals surface area contributed by atoms with Crippen LogP contribution in [0.2, 0.25) is 0 Å². The van der Waals surface area contributed by atoms with Crippen LogP contribution in [0.15, 0.2) is 42.5 Å². The number of amides is 1. The second kappa shape index (κ2) is 8.60. The van der Waals surface area contributed by atoms with Crippen LogP contribution < -0.4 is 20.1 Å². The van der Waals surface area contributed by atoms with E-state index in [0.717, 1.165) is 16.8 Å². The average molecular weight is 392 g/mol. The number of anilines is 3. The Balaban J connectivity index is 1.90. The van der Waals surface area contributed by atoms with Gasteiger partial charge in [0.2, 0.25) is 5.95 Å². The highest BCUT2D eigenvalue weighted by atomic mass is 16.5. The van der Waals surface area contributed by atoms with Crippen LogP contribution in [0.5, 0.6) is 11.5 Å². The molecule has 150 valence electrons. The largest absolute Gasteiger partial charge is 0.497 e.